The van der Waals surface area contributed by atoms with Crippen LogP contribution in [0, 0.1) is 0 Å². The van der Waals surface area contributed by atoms with Crippen molar-refractivity contribution in [3.05, 3.63) is 53.4 Å². The van der Waals surface area contributed by atoms with E-state index in [1.165, 1.54) is 11.1 Å². The summed E-state index contributed by atoms with van der Waals surface area (Å²) in [6.45, 7) is 8.23. The van der Waals surface area contributed by atoms with Crippen LogP contribution in [0.25, 0.3) is 0 Å². The SMILES string of the molecule is CC(C)(C)c1ccc(CNCc2ccno2)cc1. The summed E-state index contributed by atoms with van der Waals surface area (Å²) in [5.41, 5.74) is 2.86. The van der Waals surface area contributed by atoms with E-state index in [2.05, 4.69) is 55.5 Å². The molecule has 0 unspecified atom stereocenters. The molecule has 0 bridgehead atoms. The van der Waals surface area contributed by atoms with Gasteiger partial charge < -0.3 is 9.84 Å². The molecule has 1 aromatic carbocycles. The van der Waals surface area contributed by atoms with Gasteiger partial charge in [0.2, 0.25) is 0 Å². The molecular formula is C15H20N2O. The summed E-state index contributed by atoms with van der Waals surface area (Å²) in [5.74, 6) is 0.862. The molecule has 1 heterocycles. The van der Waals surface area contributed by atoms with Crippen molar-refractivity contribution in [2.24, 2.45) is 0 Å². The van der Waals surface area contributed by atoms with Crippen LogP contribution in [0.4, 0.5) is 0 Å². The van der Waals surface area contributed by atoms with E-state index in [-0.39, 0.29) is 5.41 Å². The van der Waals surface area contributed by atoms with Crippen molar-refractivity contribution in [3.8, 4) is 0 Å². The Morgan fingerprint density at radius 1 is 1.06 bits per heavy atom. The minimum Gasteiger partial charge on any atom is -0.360 e. The van der Waals surface area contributed by atoms with Crippen LogP contribution in [0.2, 0.25) is 0 Å². The number of nitrogens with zero attached hydrogens (tertiary/aromatic N) is 1. The zero-order valence-corrected chi connectivity index (χ0v) is 11.2. The Morgan fingerprint density at radius 2 is 1.78 bits per heavy atom. The van der Waals surface area contributed by atoms with E-state index in [0.29, 0.717) is 6.54 Å². The fourth-order valence-corrected chi connectivity index (χ4v) is 1.79. The molecule has 2 aromatic rings. The van der Waals surface area contributed by atoms with Crippen molar-refractivity contribution < 1.29 is 4.52 Å². The second-order valence-corrected chi connectivity index (χ2v) is 5.53. The standard InChI is InChI=1S/C15H20N2O/c1-15(2,3)13-6-4-12(5-7-13)10-16-11-14-8-9-17-18-14/h4-9,16H,10-11H2,1-3H3. The second-order valence-electron chi connectivity index (χ2n) is 5.53. The lowest BCUT2D eigenvalue weighted by atomic mass is 9.87. The molecule has 0 saturated heterocycles. The predicted octanol–water partition coefficient (Wildman–Crippen LogP) is 3.26. The molecule has 0 atom stereocenters. The lowest BCUT2D eigenvalue weighted by Gasteiger charge is -2.19. The van der Waals surface area contributed by atoms with Gasteiger partial charge >= 0.3 is 0 Å². The van der Waals surface area contributed by atoms with Crippen LogP contribution in [0.5, 0.6) is 0 Å². The van der Waals surface area contributed by atoms with Gasteiger partial charge in [0.25, 0.3) is 0 Å². The highest BCUT2D eigenvalue weighted by Gasteiger charge is 2.12. The van der Waals surface area contributed by atoms with Crippen molar-refractivity contribution in [3.63, 3.8) is 0 Å². The van der Waals surface area contributed by atoms with E-state index in [1.807, 2.05) is 6.07 Å². The quantitative estimate of drug-likeness (QED) is 0.897. The molecule has 0 radical (unpaired) electrons. The predicted molar refractivity (Wildman–Crippen MR) is 72.2 cm³/mol. The first-order valence-electron chi connectivity index (χ1n) is 6.25. The normalized spacial score (nSPS) is 11.7. The van der Waals surface area contributed by atoms with Crippen LogP contribution < -0.4 is 5.32 Å². The summed E-state index contributed by atoms with van der Waals surface area (Å²) in [4.78, 5) is 0. The summed E-state index contributed by atoms with van der Waals surface area (Å²) in [5, 5.41) is 7.00. The van der Waals surface area contributed by atoms with E-state index in [0.717, 1.165) is 12.3 Å². The molecule has 1 aromatic heterocycles. The third-order valence-corrected chi connectivity index (χ3v) is 2.94. The highest BCUT2D eigenvalue weighted by molar-refractivity contribution is 5.27. The Labute approximate surface area is 108 Å². The molecule has 0 amide bonds. The zero-order valence-electron chi connectivity index (χ0n) is 11.2. The van der Waals surface area contributed by atoms with Crippen LogP contribution in [-0.4, -0.2) is 5.16 Å². The average molecular weight is 244 g/mol. The average Bonchev–Trinajstić information content (AvgIpc) is 2.82. The summed E-state index contributed by atoms with van der Waals surface area (Å²) in [6, 6.07) is 10.6. The van der Waals surface area contributed by atoms with Gasteiger partial charge in [-0.1, -0.05) is 50.2 Å². The maximum atomic E-state index is 5.02. The van der Waals surface area contributed by atoms with Gasteiger partial charge in [-0.2, -0.15) is 0 Å². The maximum Gasteiger partial charge on any atom is 0.150 e. The molecule has 18 heavy (non-hydrogen) atoms. The van der Waals surface area contributed by atoms with Gasteiger partial charge in [0.1, 0.15) is 5.76 Å². The van der Waals surface area contributed by atoms with Gasteiger partial charge in [0.05, 0.1) is 12.7 Å². The Kier molecular flexibility index (Phi) is 3.82. The number of benzene rings is 1. The molecule has 3 heteroatoms. The fraction of sp³-hybridized carbons (Fsp3) is 0.400. The Hall–Kier alpha value is -1.61. The van der Waals surface area contributed by atoms with Gasteiger partial charge in [0, 0.05) is 12.6 Å². The van der Waals surface area contributed by atoms with Crippen LogP contribution in [0.3, 0.4) is 0 Å². The lowest BCUT2D eigenvalue weighted by molar-refractivity contribution is 0.373. The number of hydrogen-bond acceptors (Lipinski definition) is 3. The van der Waals surface area contributed by atoms with Crippen LogP contribution in [-0.2, 0) is 18.5 Å². The number of nitrogens with one attached hydrogen (secondary N) is 1. The molecule has 0 aliphatic heterocycles. The Morgan fingerprint density at radius 3 is 2.33 bits per heavy atom. The molecule has 0 fully saturated rings. The zero-order chi connectivity index (χ0) is 13.0. The third-order valence-electron chi connectivity index (χ3n) is 2.94. The Bertz CT molecular complexity index is 466. The molecule has 3 nitrogen and oxygen atoms in total. The first kappa shape index (κ1) is 12.8. The summed E-state index contributed by atoms with van der Waals surface area (Å²) >= 11 is 0. The topological polar surface area (TPSA) is 38.1 Å². The molecule has 0 saturated carbocycles. The number of aromatic nitrogens is 1. The third kappa shape index (κ3) is 3.44. The van der Waals surface area contributed by atoms with Gasteiger partial charge in [-0.15, -0.1) is 0 Å². The van der Waals surface area contributed by atoms with E-state index in [1.54, 1.807) is 6.20 Å². The highest BCUT2D eigenvalue weighted by Crippen LogP contribution is 2.22. The van der Waals surface area contributed by atoms with Crippen LogP contribution in [0.1, 0.15) is 37.7 Å². The minimum absolute atomic E-state index is 0.214. The van der Waals surface area contributed by atoms with Gasteiger partial charge in [-0.3, -0.25) is 0 Å². The molecule has 0 aliphatic carbocycles. The first-order chi connectivity index (χ1) is 8.55. The van der Waals surface area contributed by atoms with Gasteiger partial charge in [-0.05, 0) is 16.5 Å². The Balaban J connectivity index is 1.87. The molecule has 0 spiro atoms. The van der Waals surface area contributed by atoms with Crippen molar-refractivity contribution in [1.29, 1.82) is 0 Å². The molecular weight excluding hydrogens is 224 g/mol. The van der Waals surface area contributed by atoms with E-state index >= 15 is 0 Å². The molecule has 2 rings (SSSR count). The first-order valence-corrected chi connectivity index (χ1v) is 6.25. The number of hydrogen-bond donors (Lipinski definition) is 1. The number of rotatable bonds is 4. The fourth-order valence-electron chi connectivity index (χ4n) is 1.79. The van der Waals surface area contributed by atoms with Gasteiger partial charge in [0.15, 0.2) is 0 Å². The smallest absolute Gasteiger partial charge is 0.150 e. The molecule has 96 valence electrons. The van der Waals surface area contributed by atoms with E-state index < -0.39 is 0 Å². The van der Waals surface area contributed by atoms with E-state index in [4.69, 9.17) is 4.52 Å². The van der Waals surface area contributed by atoms with Crippen molar-refractivity contribution >= 4 is 0 Å². The van der Waals surface area contributed by atoms with Gasteiger partial charge in [-0.25, -0.2) is 0 Å². The second kappa shape index (κ2) is 5.36. The minimum atomic E-state index is 0.214. The summed E-state index contributed by atoms with van der Waals surface area (Å²) < 4.78 is 5.02. The maximum absolute atomic E-state index is 5.02. The van der Waals surface area contributed by atoms with Crippen molar-refractivity contribution in [2.45, 2.75) is 39.3 Å². The summed E-state index contributed by atoms with van der Waals surface area (Å²) in [6.07, 6.45) is 1.66. The van der Waals surface area contributed by atoms with Crippen LogP contribution >= 0.6 is 0 Å². The molecule has 1 N–H and O–H groups in total. The van der Waals surface area contributed by atoms with Crippen molar-refractivity contribution in [2.75, 3.05) is 0 Å². The molecule has 0 aliphatic rings. The van der Waals surface area contributed by atoms with E-state index in [9.17, 15) is 0 Å². The summed E-state index contributed by atoms with van der Waals surface area (Å²) in [7, 11) is 0. The largest absolute Gasteiger partial charge is 0.360 e. The lowest BCUT2D eigenvalue weighted by Crippen LogP contribution is -2.13. The van der Waals surface area contributed by atoms with Crippen molar-refractivity contribution in [1.82, 2.24) is 10.5 Å². The monoisotopic (exact) mass is 244 g/mol. The van der Waals surface area contributed by atoms with Crippen LogP contribution in [0.15, 0.2) is 41.1 Å². The highest BCUT2D eigenvalue weighted by atomic mass is 16.5.